The number of benzene rings is 1. The molecule has 1 atom stereocenters. The van der Waals surface area contributed by atoms with Gasteiger partial charge in [-0.25, -0.2) is 0 Å². The normalized spacial score (nSPS) is 18.6. The van der Waals surface area contributed by atoms with Crippen molar-refractivity contribution in [2.45, 2.75) is 39.4 Å². The molecular formula is C22H29N3O2. The van der Waals surface area contributed by atoms with E-state index in [1.54, 1.807) is 6.92 Å². The minimum Gasteiger partial charge on any atom is -0.396 e. The van der Waals surface area contributed by atoms with Gasteiger partial charge in [0.2, 0.25) is 0 Å². The number of carbonyl (C=O) groups is 1. The number of carbonyl (C=O) groups excluding carboxylic acids is 1. The molecule has 3 rings (SSSR count). The van der Waals surface area contributed by atoms with Gasteiger partial charge in [0.25, 0.3) is 0 Å². The Morgan fingerprint density at radius 2 is 2.00 bits per heavy atom. The van der Waals surface area contributed by atoms with E-state index in [0.29, 0.717) is 6.04 Å². The zero-order chi connectivity index (χ0) is 19.2. The van der Waals surface area contributed by atoms with Crippen LogP contribution in [0.2, 0.25) is 0 Å². The maximum atomic E-state index is 11.6. The van der Waals surface area contributed by atoms with Gasteiger partial charge in [-0.2, -0.15) is 0 Å². The van der Waals surface area contributed by atoms with E-state index in [1.165, 1.54) is 5.56 Å². The second-order valence-corrected chi connectivity index (χ2v) is 7.40. The molecule has 5 nitrogen and oxygen atoms in total. The minimum absolute atomic E-state index is 0.102. The Morgan fingerprint density at radius 3 is 2.74 bits per heavy atom. The predicted octanol–water partition coefficient (Wildman–Crippen LogP) is 2.66. The van der Waals surface area contributed by atoms with Gasteiger partial charge in [-0.3, -0.25) is 19.6 Å². The summed E-state index contributed by atoms with van der Waals surface area (Å²) in [5.41, 5.74) is 4.05. The van der Waals surface area contributed by atoms with Crippen molar-refractivity contribution in [2.75, 3.05) is 26.2 Å². The lowest BCUT2D eigenvalue weighted by molar-refractivity contribution is 0.0491. The van der Waals surface area contributed by atoms with Crippen molar-refractivity contribution in [3.8, 4) is 0 Å². The van der Waals surface area contributed by atoms with Gasteiger partial charge in [-0.1, -0.05) is 24.3 Å². The van der Waals surface area contributed by atoms with Crippen LogP contribution in [-0.2, 0) is 13.1 Å². The van der Waals surface area contributed by atoms with Crippen LogP contribution in [0.4, 0.5) is 0 Å². The van der Waals surface area contributed by atoms with E-state index in [9.17, 15) is 9.90 Å². The number of aryl methyl sites for hydroxylation is 1. The first-order chi connectivity index (χ1) is 13.0. The number of aliphatic hydroxyl groups is 1. The summed E-state index contributed by atoms with van der Waals surface area (Å²) in [6, 6.07) is 14.3. The van der Waals surface area contributed by atoms with Crippen LogP contribution in [0, 0.1) is 6.92 Å². The molecule has 0 bridgehead atoms. The Balaban J connectivity index is 1.64. The van der Waals surface area contributed by atoms with E-state index in [2.05, 4.69) is 33.0 Å². The number of hydrogen-bond donors (Lipinski definition) is 1. The van der Waals surface area contributed by atoms with Crippen LogP contribution in [0.15, 0.2) is 42.5 Å². The van der Waals surface area contributed by atoms with Crippen LogP contribution in [0.1, 0.15) is 40.7 Å². The highest BCUT2D eigenvalue weighted by molar-refractivity contribution is 5.94. The fourth-order valence-corrected chi connectivity index (χ4v) is 3.77. The summed E-state index contributed by atoms with van der Waals surface area (Å²) in [6.07, 6.45) is 0.760. The van der Waals surface area contributed by atoms with Crippen molar-refractivity contribution in [3.63, 3.8) is 0 Å². The summed E-state index contributed by atoms with van der Waals surface area (Å²) >= 11 is 0. The van der Waals surface area contributed by atoms with E-state index in [0.717, 1.165) is 56.1 Å². The molecular weight excluding hydrogens is 338 g/mol. The molecule has 1 saturated heterocycles. The lowest BCUT2D eigenvalue weighted by Gasteiger charge is -2.41. The molecule has 0 amide bonds. The van der Waals surface area contributed by atoms with Gasteiger partial charge in [0.1, 0.15) is 0 Å². The third-order valence-corrected chi connectivity index (χ3v) is 5.20. The Kier molecular flexibility index (Phi) is 6.72. The Labute approximate surface area is 161 Å². The first kappa shape index (κ1) is 19.7. The van der Waals surface area contributed by atoms with Crippen LogP contribution >= 0.6 is 0 Å². The second-order valence-electron chi connectivity index (χ2n) is 7.40. The van der Waals surface area contributed by atoms with Crippen LogP contribution in [0.5, 0.6) is 0 Å². The third-order valence-electron chi connectivity index (χ3n) is 5.20. The standard InChI is InChI=1S/C22H29N3O2/c1-17-5-3-8-21(23-17)15-25-11-10-24(16-22(25)9-12-26)14-19-6-4-7-20(13-19)18(2)27/h3-8,13,22,26H,9-12,14-16H2,1-2H3/t22-/m0/s1. The highest BCUT2D eigenvalue weighted by Crippen LogP contribution is 2.18. The summed E-state index contributed by atoms with van der Waals surface area (Å²) in [5, 5.41) is 9.52. The van der Waals surface area contributed by atoms with Crippen molar-refractivity contribution in [1.29, 1.82) is 0 Å². The first-order valence-corrected chi connectivity index (χ1v) is 9.65. The van der Waals surface area contributed by atoms with E-state index in [1.807, 2.05) is 31.2 Å². The van der Waals surface area contributed by atoms with Crippen LogP contribution < -0.4 is 0 Å². The van der Waals surface area contributed by atoms with Gasteiger partial charge in [0.05, 0.1) is 5.69 Å². The van der Waals surface area contributed by atoms with E-state index in [-0.39, 0.29) is 12.4 Å². The summed E-state index contributed by atoms with van der Waals surface area (Å²) in [4.78, 5) is 21.1. The number of pyridine rings is 1. The average Bonchev–Trinajstić information content (AvgIpc) is 2.64. The van der Waals surface area contributed by atoms with Crippen molar-refractivity contribution < 1.29 is 9.90 Å². The monoisotopic (exact) mass is 367 g/mol. The zero-order valence-corrected chi connectivity index (χ0v) is 16.3. The quantitative estimate of drug-likeness (QED) is 0.763. The highest BCUT2D eigenvalue weighted by Gasteiger charge is 2.27. The van der Waals surface area contributed by atoms with E-state index < -0.39 is 0 Å². The largest absolute Gasteiger partial charge is 0.396 e. The fraction of sp³-hybridized carbons (Fsp3) is 0.455. The van der Waals surface area contributed by atoms with Crippen molar-refractivity contribution in [3.05, 3.63) is 65.0 Å². The van der Waals surface area contributed by atoms with Crippen molar-refractivity contribution >= 4 is 5.78 Å². The molecule has 0 radical (unpaired) electrons. The molecule has 2 heterocycles. The maximum absolute atomic E-state index is 11.6. The number of rotatable bonds is 7. The molecule has 1 aromatic carbocycles. The maximum Gasteiger partial charge on any atom is 0.159 e. The average molecular weight is 367 g/mol. The Hall–Kier alpha value is -2.08. The molecule has 5 heteroatoms. The number of aromatic nitrogens is 1. The number of piperazine rings is 1. The molecule has 1 fully saturated rings. The third kappa shape index (κ3) is 5.45. The molecule has 0 aliphatic carbocycles. The van der Waals surface area contributed by atoms with Gasteiger partial charge in [0.15, 0.2) is 5.78 Å². The number of nitrogens with zero attached hydrogens (tertiary/aromatic N) is 3. The van der Waals surface area contributed by atoms with E-state index >= 15 is 0 Å². The minimum atomic E-state index is 0.102. The van der Waals surface area contributed by atoms with Gasteiger partial charge >= 0.3 is 0 Å². The van der Waals surface area contributed by atoms with Crippen molar-refractivity contribution in [2.24, 2.45) is 0 Å². The van der Waals surface area contributed by atoms with Crippen LogP contribution in [0.25, 0.3) is 0 Å². The fourth-order valence-electron chi connectivity index (χ4n) is 3.77. The summed E-state index contributed by atoms with van der Waals surface area (Å²) in [7, 11) is 0. The second kappa shape index (κ2) is 9.22. The highest BCUT2D eigenvalue weighted by atomic mass is 16.3. The Bertz CT molecular complexity index is 778. The van der Waals surface area contributed by atoms with Gasteiger partial charge in [-0.15, -0.1) is 0 Å². The number of Topliss-reactive ketones (excluding diaryl/α,β-unsaturated/α-hetero) is 1. The van der Waals surface area contributed by atoms with Crippen LogP contribution in [-0.4, -0.2) is 58.0 Å². The first-order valence-electron chi connectivity index (χ1n) is 9.65. The smallest absolute Gasteiger partial charge is 0.159 e. The molecule has 1 aromatic heterocycles. The summed E-state index contributed by atoms with van der Waals surface area (Å²) in [5.74, 6) is 0.102. The predicted molar refractivity (Wildman–Crippen MR) is 107 cm³/mol. The zero-order valence-electron chi connectivity index (χ0n) is 16.3. The number of ketones is 1. The van der Waals surface area contributed by atoms with Gasteiger partial charge < -0.3 is 5.11 Å². The molecule has 27 heavy (non-hydrogen) atoms. The van der Waals surface area contributed by atoms with Gasteiger partial charge in [0, 0.05) is 56.6 Å². The summed E-state index contributed by atoms with van der Waals surface area (Å²) in [6.45, 7) is 8.30. The number of aliphatic hydroxyl groups excluding tert-OH is 1. The molecule has 1 N–H and O–H groups in total. The molecule has 0 saturated carbocycles. The van der Waals surface area contributed by atoms with E-state index in [4.69, 9.17) is 0 Å². The lowest BCUT2D eigenvalue weighted by atomic mass is 10.0. The van der Waals surface area contributed by atoms with Gasteiger partial charge in [-0.05, 0) is 44.0 Å². The topological polar surface area (TPSA) is 56.7 Å². The SMILES string of the molecule is CC(=O)c1cccc(CN2CCN(Cc3cccc(C)n3)[C@@H](CCO)C2)c1. The molecule has 1 aliphatic rings. The molecule has 144 valence electrons. The molecule has 0 unspecified atom stereocenters. The number of hydrogen-bond acceptors (Lipinski definition) is 5. The Morgan fingerprint density at radius 1 is 1.19 bits per heavy atom. The lowest BCUT2D eigenvalue weighted by Crippen LogP contribution is -2.52. The molecule has 1 aliphatic heterocycles. The van der Waals surface area contributed by atoms with Crippen molar-refractivity contribution in [1.82, 2.24) is 14.8 Å². The molecule has 0 spiro atoms. The van der Waals surface area contributed by atoms with Crippen LogP contribution in [0.3, 0.4) is 0 Å². The molecule has 2 aromatic rings. The summed E-state index contributed by atoms with van der Waals surface area (Å²) < 4.78 is 0.